The van der Waals surface area contributed by atoms with Crippen LogP contribution in [-0.2, 0) is 0 Å². The van der Waals surface area contributed by atoms with Crippen molar-refractivity contribution in [1.29, 1.82) is 0 Å². The lowest BCUT2D eigenvalue weighted by molar-refractivity contribution is -0.207. The molecule has 0 aliphatic carbocycles. The Morgan fingerprint density at radius 3 is 2.52 bits per heavy atom. The zero-order chi connectivity index (χ0) is 16.6. The molecule has 0 aliphatic heterocycles. The Morgan fingerprint density at radius 1 is 1.04 bits per heavy atom. The van der Waals surface area contributed by atoms with E-state index >= 15 is 0 Å². The van der Waals surface area contributed by atoms with Crippen LogP contribution < -0.4 is 0 Å². The molecular formula is C17H13F3N2O. The van der Waals surface area contributed by atoms with Gasteiger partial charge in [0.15, 0.2) is 6.10 Å². The summed E-state index contributed by atoms with van der Waals surface area (Å²) in [5.74, 6) is 0. The smallest absolute Gasteiger partial charge is 0.378 e. The van der Waals surface area contributed by atoms with Gasteiger partial charge in [0.1, 0.15) is 0 Å². The van der Waals surface area contributed by atoms with Crippen molar-refractivity contribution in [2.45, 2.75) is 19.2 Å². The summed E-state index contributed by atoms with van der Waals surface area (Å²) in [6, 6.07) is 8.86. The average Bonchev–Trinajstić information content (AvgIpc) is 2.52. The van der Waals surface area contributed by atoms with Crippen molar-refractivity contribution in [2.24, 2.45) is 0 Å². The van der Waals surface area contributed by atoms with Crippen LogP contribution in [0, 0.1) is 6.92 Å². The quantitative estimate of drug-likeness (QED) is 0.770. The van der Waals surface area contributed by atoms with E-state index in [9.17, 15) is 18.3 Å². The molecule has 0 aliphatic rings. The molecule has 0 saturated carbocycles. The van der Waals surface area contributed by atoms with Gasteiger partial charge in [-0.3, -0.25) is 9.97 Å². The highest BCUT2D eigenvalue weighted by molar-refractivity contribution is 5.86. The molecule has 0 amide bonds. The number of hydrogen-bond acceptors (Lipinski definition) is 3. The molecule has 1 N–H and O–H groups in total. The summed E-state index contributed by atoms with van der Waals surface area (Å²) in [6.45, 7) is 1.69. The second-order valence-electron chi connectivity index (χ2n) is 5.31. The minimum Gasteiger partial charge on any atom is -0.378 e. The molecule has 23 heavy (non-hydrogen) atoms. The summed E-state index contributed by atoms with van der Waals surface area (Å²) in [5.41, 5.74) is 1.76. The lowest BCUT2D eigenvalue weighted by atomic mass is 9.99. The van der Waals surface area contributed by atoms with Crippen LogP contribution in [0.4, 0.5) is 13.2 Å². The number of aromatic nitrogens is 2. The van der Waals surface area contributed by atoms with Gasteiger partial charge in [0.05, 0.1) is 5.69 Å². The molecule has 0 unspecified atom stereocenters. The van der Waals surface area contributed by atoms with E-state index in [0.29, 0.717) is 11.1 Å². The first-order valence-electron chi connectivity index (χ1n) is 6.92. The lowest BCUT2D eigenvalue weighted by Gasteiger charge is -2.15. The maximum absolute atomic E-state index is 12.6. The topological polar surface area (TPSA) is 46.0 Å². The van der Waals surface area contributed by atoms with Gasteiger partial charge in [-0.25, -0.2) is 0 Å². The van der Waals surface area contributed by atoms with Gasteiger partial charge >= 0.3 is 6.18 Å². The highest BCUT2D eigenvalue weighted by atomic mass is 19.4. The van der Waals surface area contributed by atoms with Gasteiger partial charge in [-0.2, -0.15) is 13.2 Å². The average molecular weight is 318 g/mol. The number of rotatable bonds is 2. The number of fused-ring (bicyclic) bond motifs is 1. The van der Waals surface area contributed by atoms with Crippen molar-refractivity contribution in [3.05, 3.63) is 60.2 Å². The maximum Gasteiger partial charge on any atom is 0.420 e. The van der Waals surface area contributed by atoms with Gasteiger partial charge in [-0.15, -0.1) is 0 Å². The Hall–Kier alpha value is -2.47. The molecule has 2 aromatic heterocycles. The van der Waals surface area contributed by atoms with E-state index in [-0.39, 0.29) is 0 Å². The normalized spacial score (nSPS) is 13.3. The number of alkyl halides is 3. The highest BCUT2D eigenvalue weighted by Gasteiger charge is 2.40. The summed E-state index contributed by atoms with van der Waals surface area (Å²) < 4.78 is 37.7. The number of hydrogen-bond donors (Lipinski definition) is 1. The summed E-state index contributed by atoms with van der Waals surface area (Å²) in [5, 5.41) is 11.2. The minimum absolute atomic E-state index is 0.402. The molecule has 3 nitrogen and oxygen atoms in total. The van der Waals surface area contributed by atoms with Crippen LogP contribution in [0.3, 0.4) is 0 Å². The predicted molar refractivity (Wildman–Crippen MR) is 80.7 cm³/mol. The predicted octanol–water partition coefficient (Wildman–Crippen LogP) is 4.20. The monoisotopic (exact) mass is 318 g/mol. The number of pyridine rings is 2. The summed E-state index contributed by atoms with van der Waals surface area (Å²) in [4.78, 5) is 7.84. The zero-order valence-corrected chi connectivity index (χ0v) is 12.2. The Labute approximate surface area is 130 Å². The lowest BCUT2D eigenvalue weighted by Crippen LogP contribution is -2.21. The fourth-order valence-corrected chi connectivity index (χ4v) is 2.45. The molecule has 1 atom stereocenters. The van der Waals surface area contributed by atoms with Crippen molar-refractivity contribution < 1.29 is 18.3 Å². The van der Waals surface area contributed by atoms with E-state index in [1.54, 1.807) is 19.3 Å². The van der Waals surface area contributed by atoms with Gasteiger partial charge in [-0.1, -0.05) is 12.1 Å². The third-order valence-electron chi connectivity index (χ3n) is 3.67. The SMILES string of the molecule is Cc1cc([C@@H](O)C(F)(F)F)ncc1-c1ccc2ccncc2c1. The summed E-state index contributed by atoms with van der Waals surface area (Å²) >= 11 is 0. The summed E-state index contributed by atoms with van der Waals surface area (Å²) in [6.07, 6.45) is -2.52. The van der Waals surface area contributed by atoms with E-state index in [1.807, 2.05) is 24.3 Å². The first kappa shape index (κ1) is 15.4. The van der Waals surface area contributed by atoms with Crippen molar-refractivity contribution in [1.82, 2.24) is 9.97 Å². The van der Waals surface area contributed by atoms with Crippen LogP contribution in [-0.4, -0.2) is 21.3 Å². The molecule has 3 rings (SSSR count). The Balaban J connectivity index is 2.02. The number of aliphatic hydroxyl groups excluding tert-OH is 1. The molecule has 0 bridgehead atoms. The molecule has 0 spiro atoms. The van der Waals surface area contributed by atoms with Crippen molar-refractivity contribution in [2.75, 3.05) is 0 Å². The van der Waals surface area contributed by atoms with E-state index in [1.165, 1.54) is 12.3 Å². The first-order chi connectivity index (χ1) is 10.9. The first-order valence-corrected chi connectivity index (χ1v) is 6.92. The van der Waals surface area contributed by atoms with E-state index in [2.05, 4.69) is 9.97 Å². The molecule has 6 heteroatoms. The van der Waals surface area contributed by atoms with E-state index < -0.39 is 18.0 Å². The largest absolute Gasteiger partial charge is 0.420 e. The number of aliphatic hydroxyl groups is 1. The molecule has 2 heterocycles. The van der Waals surface area contributed by atoms with Crippen LogP contribution in [0.25, 0.3) is 21.9 Å². The number of benzene rings is 1. The maximum atomic E-state index is 12.6. The van der Waals surface area contributed by atoms with Gasteiger partial charge in [0.25, 0.3) is 0 Å². The van der Waals surface area contributed by atoms with E-state index in [4.69, 9.17) is 0 Å². The number of nitrogens with zero attached hydrogens (tertiary/aromatic N) is 2. The standard InChI is InChI=1S/C17H13F3N2O/c1-10-6-15(16(23)17(18,19)20)22-9-14(10)12-3-2-11-4-5-21-8-13(11)7-12/h2-9,16,23H,1H3/t16-/m1/s1. The van der Waals surface area contributed by atoms with Crippen LogP contribution in [0.2, 0.25) is 0 Å². The van der Waals surface area contributed by atoms with Crippen molar-refractivity contribution in [3.63, 3.8) is 0 Å². The van der Waals surface area contributed by atoms with Crippen molar-refractivity contribution in [3.8, 4) is 11.1 Å². The molecule has 118 valence electrons. The molecule has 3 aromatic rings. The van der Waals surface area contributed by atoms with E-state index in [0.717, 1.165) is 16.3 Å². The van der Waals surface area contributed by atoms with Crippen molar-refractivity contribution >= 4 is 10.8 Å². The minimum atomic E-state index is -4.73. The van der Waals surface area contributed by atoms with Gasteiger partial charge in [0, 0.05) is 29.5 Å². The van der Waals surface area contributed by atoms with Gasteiger partial charge in [-0.05, 0) is 41.6 Å². The van der Waals surface area contributed by atoms with Crippen LogP contribution in [0.1, 0.15) is 17.4 Å². The fourth-order valence-electron chi connectivity index (χ4n) is 2.45. The molecule has 0 radical (unpaired) electrons. The molecule has 1 aromatic carbocycles. The second-order valence-corrected chi connectivity index (χ2v) is 5.31. The number of aryl methyl sites for hydroxylation is 1. The Kier molecular flexibility index (Phi) is 3.77. The second kappa shape index (κ2) is 5.62. The van der Waals surface area contributed by atoms with Crippen LogP contribution in [0.5, 0.6) is 0 Å². The number of halogens is 3. The fraction of sp³-hybridized carbons (Fsp3) is 0.176. The summed E-state index contributed by atoms with van der Waals surface area (Å²) in [7, 11) is 0. The van der Waals surface area contributed by atoms with Gasteiger partial charge < -0.3 is 5.11 Å². The molecule has 0 fully saturated rings. The van der Waals surface area contributed by atoms with Crippen LogP contribution >= 0.6 is 0 Å². The Morgan fingerprint density at radius 2 is 1.83 bits per heavy atom. The van der Waals surface area contributed by atoms with Gasteiger partial charge in [0.2, 0.25) is 0 Å². The zero-order valence-electron chi connectivity index (χ0n) is 12.2. The third-order valence-corrected chi connectivity index (χ3v) is 3.67. The van der Waals surface area contributed by atoms with Crippen LogP contribution in [0.15, 0.2) is 48.9 Å². The third kappa shape index (κ3) is 3.03. The molecular weight excluding hydrogens is 305 g/mol. The molecule has 0 saturated heterocycles. The Bertz CT molecular complexity index is 862. The highest BCUT2D eigenvalue weighted by Crippen LogP contribution is 2.33.